The number of imide groups is 1. The molecule has 0 aromatic heterocycles. The summed E-state index contributed by atoms with van der Waals surface area (Å²) in [5.74, 6) is -2.10. The number of nitrogens with zero attached hydrogens (tertiary/aromatic N) is 2. The van der Waals surface area contributed by atoms with Crippen molar-refractivity contribution in [3.63, 3.8) is 0 Å². The molecule has 3 amide bonds. The number of aliphatic hydroxyl groups is 1. The zero-order chi connectivity index (χ0) is 29.0. The summed E-state index contributed by atoms with van der Waals surface area (Å²) in [6.07, 6.45) is -1.26. The molecule has 0 saturated heterocycles. The second kappa shape index (κ2) is 11.6. The molecule has 10 nitrogen and oxygen atoms in total. The van der Waals surface area contributed by atoms with Crippen LogP contribution in [0.15, 0.2) is 36.4 Å². The second-order valence-corrected chi connectivity index (χ2v) is 10.4. The second-order valence-electron chi connectivity index (χ2n) is 10.4. The molecule has 2 rings (SSSR count). The number of carbonyl (C=O) groups excluding carboxylic acids is 4. The van der Waals surface area contributed by atoms with Gasteiger partial charge in [0.25, 0.3) is 11.8 Å². The largest absolute Gasteiger partial charge is 0.496 e. The fourth-order valence-corrected chi connectivity index (χ4v) is 3.72. The number of aryl methyl sites for hydroxylation is 2. The van der Waals surface area contributed by atoms with Crippen molar-refractivity contribution in [1.82, 2.24) is 10.0 Å². The summed E-state index contributed by atoms with van der Waals surface area (Å²) in [4.78, 5) is 53.1. The number of ether oxygens (including phenoxy) is 3. The van der Waals surface area contributed by atoms with Crippen LogP contribution >= 0.6 is 0 Å². The minimum atomic E-state index is -1.82. The maximum Gasteiger partial charge on any atom is 0.439 e. The van der Waals surface area contributed by atoms with Gasteiger partial charge in [-0.3, -0.25) is 9.59 Å². The summed E-state index contributed by atoms with van der Waals surface area (Å²) < 4.78 is 15.2. The molecule has 0 radical (unpaired) electrons. The quantitative estimate of drug-likeness (QED) is 0.334. The maximum absolute atomic E-state index is 13.9. The summed E-state index contributed by atoms with van der Waals surface area (Å²) in [6.45, 7) is 11.8. The van der Waals surface area contributed by atoms with Crippen molar-refractivity contribution in [2.45, 2.75) is 66.5 Å². The summed E-state index contributed by atoms with van der Waals surface area (Å²) in [6, 6.07) is 9.95. The number of hydrogen-bond acceptors (Lipinski definition) is 8. The van der Waals surface area contributed by atoms with Crippen LogP contribution in [0.5, 0.6) is 5.75 Å². The third-order valence-electron chi connectivity index (χ3n) is 5.47. The van der Waals surface area contributed by atoms with Crippen molar-refractivity contribution in [2.75, 3.05) is 13.9 Å². The molecule has 0 fully saturated rings. The molecule has 0 bridgehead atoms. The Morgan fingerprint density at radius 1 is 0.868 bits per heavy atom. The minimum absolute atomic E-state index is 0.0947. The highest BCUT2D eigenvalue weighted by Gasteiger charge is 2.42. The fourth-order valence-electron chi connectivity index (χ4n) is 3.72. The first-order chi connectivity index (χ1) is 17.5. The van der Waals surface area contributed by atoms with Crippen LogP contribution in [0.1, 0.15) is 72.0 Å². The van der Waals surface area contributed by atoms with E-state index >= 15 is 0 Å². The highest BCUT2D eigenvalue weighted by molar-refractivity contribution is 6.07. The summed E-state index contributed by atoms with van der Waals surface area (Å²) in [5, 5.41) is 11.4. The number of hydrogen-bond donors (Lipinski definition) is 1. The standard InChI is InChI=1S/C28H36N2O8/c1-17-13-18(2)15-20(14-17)23(31)30(27(4,5)6)29(26(34)38-16-37-25(33)28(7,8)35)24(32)21-11-10-12-22(36-9)19(21)3/h10-15,35H,16H2,1-9H3. The van der Waals surface area contributed by atoms with Gasteiger partial charge in [-0.15, -0.1) is 5.01 Å². The van der Waals surface area contributed by atoms with Crippen LogP contribution < -0.4 is 4.74 Å². The molecule has 38 heavy (non-hydrogen) atoms. The van der Waals surface area contributed by atoms with Gasteiger partial charge in [0.2, 0.25) is 6.79 Å². The predicted octanol–water partition coefficient (Wildman–Crippen LogP) is 4.33. The van der Waals surface area contributed by atoms with Crippen molar-refractivity contribution < 1.29 is 38.5 Å². The lowest BCUT2D eigenvalue weighted by atomic mass is 10.0. The van der Waals surface area contributed by atoms with Crippen molar-refractivity contribution in [2.24, 2.45) is 0 Å². The van der Waals surface area contributed by atoms with Crippen LogP contribution in [0.4, 0.5) is 4.79 Å². The Kier molecular flexibility index (Phi) is 9.28. The average molecular weight is 529 g/mol. The van der Waals surface area contributed by atoms with Gasteiger partial charge in [-0.2, -0.15) is 0 Å². The molecule has 0 unspecified atom stereocenters. The molecule has 0 aliphatic rings. The van der Waals surface area contributed by atoms with Crippen LogP contribution in [0, 0.1) is 20.8 Å². The molecule has 2 aromatic rings. The number of esters is 1. The normalized spacial score (nSPS) is 11.4. The lowest BCUT2D eigenvalue weighted by Gasteiger charge is -2.41. The number of hydrazine groups is 1. The van der Waals surface area contributed by atoms with E-state index in [4.69, 9.17) is 14.2 Å². The maximum atomic E-state index is 13.9. The number of carbonyl (C=O) groups is 4. The molecule has 2 aromatic carbocycles. The topological polar surface area (TPSA) is 123 Å². The molecule has 0 aliphatic heterocycles. The molecule has 0 saturated carbocycles. The molecule has 0 atom stereocenters. The van der Waals surface area contributed by atoms with Crippen molar-refractivity contribution in [1.29, 1.82) is 0 Å². The molecular formula is C28H36N2O8. The van der Waals surface area contributed by atoms with Gasteiger partial charge < -0.3 is 19.3 Å². The van der Waals surface area contributed by atoms with E-state index in [2.05, 4.69) is 0 Å². The molecule has 0 heterocycles. The van der Waals surface area contributed by atoms with Gasteiger partial charge in [0.05, 0.1) is 12.6 Å². The SMILES string of the molecule is COc1cccc(C(=O)N(C(=O)OCOC(=O)C(C)(C)O)N(C(=O)c2cc(C)cc(C)c2)C(C)(C)C)c1C. The smallest absolute Gasteiger partial charge is 0.439 e. The molecule has 1 N–H and O–H groups in total. The van der Waals surface area contributed by atoms with E-state index in [0.717, 1.165) is 16.1 Å². The third-order valence-corrected chi connectivity index (χ3v) is 5.47. The van der Waals surface area contributed by atoms with Gasteiger partial charge in [0.1, 0.15) is 5.75 Å². The van der Waals surface area contributed by atoms with E-state index in [1.165, 1.54) is 27.0 Å². The van der Waals surface area contributed by atoms with Crippen LogP contribution in [0.2, 0.25) is 0 Å². The van der Waals surface area contributed by atoms with E-state index in [9.17, 15) is 24.3 Å². The Labute approximate surface area is 223 Å². The molecule has 0 aliphatic carbocycles. The fraction of sp³-hybridized carbons (Fsp3) is 0.429. The first-order valence-electron chi connectivity index (χ1n) is 12.0. The van der Waals surface area contributed by atoms with E-state index in [0.29, 0.717) is 16.3 Å². The highest BCUT2D eigenvalue weighted by Crippen LogP contribution is 2.27. The molecule has 206 valence electrons. The predicted molar refractivity (Wildman–Crippen MR) is 139 cm³/mol. The van der Waals surface area contributed by atoms with Gasteiger partial charge in [-0.05, 0) is 79.7 Å². The lowest BCUT2D eigenvalue weighted by Crippen LogP contribution is -2.60. The van der Waals surface area contributed by atoms with Gasteiger partial charge >= 0.3 is 12.1 Å². The van der Waals surface area contributed by atoms with E-state index in [-0.39, 0.29) is 11.1 Å². The number of methoxy groups -OCH3 is 1. The number of rotatable bonds is 6. The zero-order valence-electron chi connectivity index (χ0n) is 23.4. The molecular weight excluding hydrogens is 492 g/mol. The zero-order valence-corrected chi connectivity index (χ0v) is 23.4. The summed E-state index contributed by atoms with van der Waals surface area (Å²) in [5.41, 5.74) is -0.458. The third kappa shape index (κ3) is 7.10. The van der Waals surface area contributed by atoms with Gasteiger partial charge in [-0.25, -0.2) is 14.6 Å². The monoisotopic (exact) mass is 528 g/mol. The Morgan fingerprint density at radius 2 is 1.45 bits per heavy atom. The number of benzene rings is 2. The van der Waals surface area contributed by atoms with Crippen LogP contribution in [-0.4, -0.2) is 64.0 Å². The molecule has 0 spiro atoms. The average Bonchev–Trinajstić information content (AvgIpc) is 2.79. The lowest BCUT2D eigenvalue weighted by molar-refractivity contribution is -0.171. The Morgan fingerprint density at radius 3 is 1.95 bits per heavy atom. The summed E-state index contributed by atoms with van der Waals surface area (Å²) >= 11 is 0. The van der Waals surface area contributed by atoms with Gasteiger partial charge in [0.15, 0.2) is 5.60 Å². The van der Waals surface area contributed by atoms with Crippen LogP contribution in [0.3, 0.4) is 0 Å². The number of amides is 3. The first kappa shape index (κ1) is 30.3. The Bertz CT molecular complexity index is 1200. The van der Waals surface area contributed by atoms with Crippen LogP contribution in [-0.2, 0) is 14.3 Å². The highest BCUT2D eigenvalue weighted by atomic mass is 16.7. The van der Waals surface area contributed by atoms with Crippen molar-refractivity contribution >= 4 is 23.9 Å². The Hall–Kier alpha value is -3.92. The van der Waals surface area contributed by atoms with E-state index in [1.54, 1.807) is 52.0 Å². The van der Waals surface area contributed by atoms with E-state index in [1.807, 2.05) is 19.9 Å². The van der Waals surface area contributed by atoms with Gasteiger partial charge in [0, 0.05) is 16.7 Å². The van der Waals surface area contributed by atoms with Crippen molar-refractivity contribution in [3.05, 3.63) is 64.2 Å². The van der Waals surface area contributed by atoms with Crippen LogP contribution in [0.25, 0.3) is 0 Å². The minimum Gasteiger partial charge on any atom is -0.496 e. The van der Waals surface area contributed by atoms with E-state index < -0.39 is 41.8 Å². The van der Waals surface area contributed by atoms with Crippen molar-refractivity contribution in [3.8, 4) is 5.75 Å². The Balaban J connectivity index is 2.61. The first-order valence-corrected chi connectivity index (χ1v) is 12.0. The van der Waals surface area contributed by atoms with Gasteiger partial charge in [-0.1, -0.05) is 23.3 Å². The molecule has 10 heteroatoms. The summed E-state index contributed by atoms with van der Waals surface area (Å²) in [7, 11) is 1.45.